The number of urea groups is 1. The smallest absolute Gasteiger partial charge is 0.341 e. The van der Waals surface area contributed by atoms with Crippen LogP contribution >= 0.6 is 38.5 Å². The fourth-order valence-electron chi connectivity index (χ4n) is 2.88. The van der Waals surface area contributed by atoms with Gasteiger partial charge in [-0.25, -0.2) is 14.5 Å². The van der Waals surface area contributed by atoms with Crippen molar-refractivity contribution in [3.8, 4) is 5.75 Å². The first-order valence-electron chi connectivity index (χ1n) is 9.18. The third-order valence-corrected chi connectivity index (χ3v) is 5.63. The van der Waals surface area contributed by atoms with E-state index in [0.717, 1.165) is 10.5 Å². The summed E-state index contributed by atoms with van der Waals surface area (Å²) in [6.07, 6.45) is 1.46. The first-order valence-corrected chi connectivity index (χ1v) is 11.1. The molecule has 1 aliphatic heterocycles. The normalized spacial score (nSPS) is 14.5. The highest BCUT2D eigenvalue weighted by molar-refractivity contribution is 14.1. The second-order valence-corrected chi connectivity index (χ2v) is 8.81. The Kier molecular flexibility index (Phi) is 7.51. The molecule has 0 bridgehead atoms. The zero-order valence-corrected chi connectivity index (χ0v) is 20.4. The van der Waals surface area contributed by atoms with Crippen molar-refractivity contribution in [3.63, 3.8) is 0 Å². The van der Waals surface area contributed by atoms with E-state index in [2.05, 4.69) is 26.6 Å². The molecule has 1 saturated heterocycles. The minimum absolute atomic E-state index is 0.0141. The first-order chi connectivity index (χ1) is 15.1. The van der Waals surface area contributed by atoms with E-state index in [4.69, 9.17) is 9.84 Å². The fourth-order valence-corrected chi connectivity index (χ4v) is 4.65. The minimum atomic E-state index is -1.11. The van der Waals surface area contributed by atoms with Gasteiger partial charge < -0.3 is 20.5 Å². The van der Waals surface area contributed by atoms with Gasteiger partial charge in [0.2, 0.25) is 5.91 Å². The maximum atomic E-state index is 12.7. The molecule has 32 heavy (non-hydrogen) atoms. The van der Waals surface area contributed by atoms with Gasteiger partial charge in [0, 0.05) is 5.69 Å². The van der Waals surface area contributed by atoms with Crippen LogP contribution in [0.4, 0.5) is 10.5 Å². The number of amides is 4. The topological polar surface area (TPSA) is 125 Å². The maximum absolute atomic E-state index is 12.7. The predicted octanol–water partition coefficient (Wildman–Crippen LogP) is 3.36. The molecule has 3 rings (SSSR count). The van der Waals surface area contributed by atoms with E-state index < -0.39 is 37.0 Å². The van der Waals surface area contributed by atoms with Crippen LogP contribution in [0.1, 0.15) is 11.1 Å². The van der Waals surface area contributed by atoms with Crippen LogP contribution in [0, 0.1) is 10.5 Å². The minimum Gasteiger partial charge on any atom is -0.480 e. The number of carbonyl (C=O) groups is 4. The van der Waals surface area contributed by atoms with Crippen molar-refractivity contribution in [2.45, 2.75) is 6.92 Å². The number of nitrogens with zero attached hydrogens (tertiary/aromatic N) is 1. The van der Waals surface area contributed by atoms with Crippen LogP contribution in [0.3, 0.4) is 0 Å². The third kappa shape index (κ3) is 5.85. The van der Waals surface area contributed by atoms with E-state index in [1.54, 1.807) is 30.3 Å². The molecule has 0 radical (unpaired) electrons. The number of anilines is 1. The van der Waals surface area contributed by atoms with Crippen LogP contribution in [-0.4, -0.2) is 47.0 Å². The first kappa shape index (κ1) is 23.7. The van der Waals surface area contributed by atoms with Crippen LogP contribution in [0.2, 0.25) is 0 Å². The monoisotopic (exact) mass is 613 g/mol. The molecule has 0 spiro atoms. The second kappa shape index (κ2) is 10.1. The van der Waals surface area contributed by atoms with Gasteiger partial charge in [-0.05, 0) is 86.9 Å². The zero-order chi connectivity index (χ0) is 23.4. The predicted molar refractivity (Wildman–Crippen MR) is 128 cm³/mol. The highest BCUT2D eigenvalue weighted by Crippen LogP contribution is 2.33. The van der Waals surface area contributed by atoms with Crippen molar-refractivity contribution in [2.75, 3.05) is 18.5 Å². The summed E-state index contributed by atoms with van der Waals surface area (Å²) < 4.78 is 6.34. The van der Waals surface area contributed by atoms with Crippen LogP contribution < -0.4 is 15.4 Å². The number of halogens is 2. The summed E-state index contributed by atoms with van der Waals surface area (Å²) in [5.41, 5.74) is 2.12. The van der Waals surface area contributed by atoms with Gasteiger partial charge in [-0.2, -0.15) is 0 Å². The zero-order valence-electron chi connectivity index (χ0n) is 16.6. The van der Waals surface area contributed by atoms with E-state index in [1.165, 1.54) is 6.08 Å². The Morgan fingerprint density at radius 2 is 2.03 bits per heavy atom. The molecule has 1 aliphatic rings. The summed E-state index contributed by atoms with van der Waals surface area (Å²) >= 11 is 5.29. The number of hydrogen-bond donors (Lipinski definition) is 3. The number of aryl methyl sites for hydroxylation is 1. The highest BCUT2D eigenvalue weighted by atomic mass is 127. The fraction of sp³-hybridized carbons (Fsp3) is 0.143. The number of rotatable bonds is 7. The molecule has 1 heterocycles. The summed E-state index contributed by atoms with van der Waals surface area (Å²) in [5, 5.41) is 13.9. The molecule has 11 heteroatoms. The Morgan fingerprint density at radius 1 is 1.28 bits per heavy atom. The van der Waals surface area contributed by atoms with Gasteiger partial charge in [-0.1, -0.05) is 12.1 Å². The maximum Gasteiger partial charge on any atom is 0.341 e. The number of carboxylic acids is 1. The van der Waals surface area contributed by atoms with Crippen LogP contribution in [0.15, 0.2) is 46.6 Å². The van der Waals surface area contributed by atoms with Crippen molar-refractivity contribution in [2.24, 2.45) is 0 Å². The number of ether oxygens (including phenoxy) is 1. The van der Waals surface area contributed by atoms with Crippen LogP contribution in [0.25, 0.3) is 6.08 Å². The van der Waals surface area contributed by atoms with Gasteiger partial charge in [0.25, 0.3) is 5.91 Å². The summed E-state index contributed by atoms with van der Waals surface area (Å²) in [6.45, 7) is 0.955. The number of aliphatic carboxylic acids is 1. The van der Waals surface area contributed by atoms with Gasteiger partial charge in [-0.3, -0.25) is 9.59 Å². The van der Waals surface area contributed by atoms with Gasteiger partial charge >= 0.3 is 12.0 Å². The Labute approximate surface area is 205 Å². The van der Waals surface area contributed by atoms with Crippen molar-refractivity contribution in [1.29, 1.82) is 0 Å². The van der Waals surface area contributed by atoms with E-state index in [9.17, 15) is 19.2 Å². The lowest BCUT2D eigenvalue weighted by Gasteiger charge is -2.12. The summed E-state index contributed by atoms with van der Waals surface area (Å²) in [6, 6.07) is 9.76. The molecule has 2 aromatic carbocycles. The summed E-state index contributed by atoms with van der Waals surface area (Å²) in [4.78, 5) is 48.8. The molecule has 0 saturated carbocycles. The molecular formula is C21H17BrIN3O6. The molecule has 0 aliphatic carbocycles. The Morgan fingerprint density at radius 3 is 2.69 bits per heavy atom. The Hall–Kier alpha value is -2.93. The SMILES string of the molecule is Cc1cccc(NC(=O)CN2C(=O)N/C(=C/c3cc(Br)c(OCC(=O)O)c(I)c3)C2=O)c1. The molecule has 0 atom stereocenters. The molecule has 1 fully saturated rings. The number of benzene rings is 2. The summed E-state index contributed by atoms with van der Waals surface area (Å²) in [5.74, 6) is -1.89. The van der Waals surface area contributed by atoms with Gasteiger partial charge in [0.1, 0.15) is 18.0 Å². The lowest BCUT2D eigenvalue weighted by atomic mass is 10.2. The molecule has 166 valence electrons. The van der Waals surface area contributed by atoms with E-state index >= 15 is 0 Å². The van der Waals surface area contributed by atoms with Crippen LogP contribution in [0.5, 0.6) is 5.75 Å². The van der Waals surface area contributed by atoms with E-state index in [1.807, 2.05) is 35.6 Å². The molecule has 0 aromatic heterocycles. The van der Waals surface area contributed by atoms with Crippen molar-refractivity contribution >= 4 is 74.1 Å². The molecule has 4 amide bonds. The van der Waals surface area contributed by atoms with E-state index in [0.29, 0.717) is 25.0 Å². The lowest BCUT2D eigenvalue weighted by Crippen LogP contribution is -2.38. The highest BCUT2D eigenvalue weighted by Gasteiger charge is 2.35. The molecule has 2 aromatic rings. The van der Waals surface area contributed by atoms with Crippen molar-refractivity contribution < 1.29 is 29.0 Å². The van der Waals surface area contributed by atoms with Crippen molar-refractivity contribution in [3.05, 3.63) is 61.3 Å². The average Bonchev–Trinajstić information content (AvgIpc) is 2.94. The largest absolute Gasteiger partial charge is 0.480 e. The van der Waals surface area contributed by atoms with Gasteiger partial charge in [0.05, 0.1) is 8.04 Å². The standard InChI is InChI=1S/C21H17BrIN3O6/c1-11-3-2-4-13(5-11)24-17(27)9-26-20(30)16(25-21(26)31)8-12-6-14(22)19(15(23)7-12)32-10-18(28)29/h2-8H,9-10H2,1H3,(H,24,27)(H,25,31)(H,28,29)/b16-8+. The van der Waals surface area contributed by atoms with E-state index in [-0.39, 0.29) is 5.70 Å². The molecule has 3 N–H and O–H groups in total. The lowest BCUT2D eigenvalue weighted by molar-refractivity contribution is -0.139. The quantitative estimate of drug-likeness (QED) is 0.250. The average molecular weight is 614 g/mol. The molecule has 0 unspecified atom stereocenters. The number of nitrogens with one attached hydrogen (secondary N) is 2. The Balaban J connectivity index is 1.72. The second-order valence-electron chi connectivity index (χ2n) is 6.79. The molecule has 9 nitrogen and oxygen atoms in total. The van der Waals surface area contributed by atoms with Gasteiger partial charge in [0.15, 0.2) is 6.61 Å². The number of carboxylic acid groups (broad SMARTS) is 1. The van der Waals surface area contributed by atoms with Gasteiger partial charge in [-0.15, -0.1) is 0 Å². The Bertz CT molecular complexity index is 1130. The third-order valence-electron chi connectivity index (χ3n) is 4.24. The summed E-state index contributed by atoms with van der Waals surface area (Å²) in [7, 11) is 0. The number of carbonyl (C=O) groups excluding carboxylic acids is 3. The van der Waals surface area contributed by atoms with Crippen LogP contribution in [-0.2, 0) is 14.4 Å². The number of imide groups is 1. The molecular weight excluding hydrogens is 597 g/mol. The number of hydrogen-bond acceptors (Lipinski definition) is 5. The van der Waals surface area contributed by atoms with Crippen molar-refractivity contribution in [1.82, 2.24) is 10.2 Å².